The van der Waals surface area contributed by atoms with Gasteiger partial charge in [0.15, 0.2) is 0 Å². The minimum absolute atomic E-state index is 0.0386. The highest BCUT2D eigenvalue weighted by atomic mass is 35.5. The third-order valence-electron chi connectivity index (χ3n) is 2.65. The third kappa shape index (κ3) is 3.54. The molecule has 0 saturated heterocycles. The normalized spacial score (nSPS) is 10.3. The predicted octanol–water partition coefficient (Wildman–Crippen LogP) is 5.17. The monoisotopic (exact) mass is 330 g/mol. The van der Waals surface area contributed by atoms with Crippen LogP contribution in [0.15, 0.2) is 36.4 Å². The van der Waals surface area contributed by atoms with E-state index in [1.54, 1.807) is 24.3 Å². The molecule has 1 N–H and O–H groups in total. The molecule has 0 aliphatic rings. The van der Waals surface area contributed by atoms with E-state index in [1.165, 1.54) is 12.1 Å². The Kier molecular flexibility index (Phi) is 4.70. The van der Waals surface area contributed by atoms with Crippen molar-refractivity contribution in [1.82, 2.24) is 0 Å². The number of non-ortho nitro benzene ring substituents is 1. The van der Waals surface area contributed by atoms with Gasteiger partial charge in [0.1, 0.15) is 0 Å². The van der Waals surface area contributed by atoms with E-state index in [4.69, 9.17) is 34.8 Å². The maximum absolute atomic E-state index is 10.6. The molecule has 20 heavy (non-hydrogen) atoms. The van der Waals surface area contributed by atoms with Crippen LogP contribution >= 0.6 is 34.8 Å². The summed E-state index contributed by atoms with van der Waals surface area (Å²) in [5.74, 6) is 0. The van der Waals surface area contributed by atoms with Crippen LogP contribution in [0.25, 0.3) is 0 Å². The maximum Gasteiger partial charge on any atom is 0.270 e. The Morgan fingerprint density at radius 2 is 1.80 bits per heavy atom. The van der Waals surface area contributed by atoms with E-state index in [9.17, 15) is 10.1 Å². The molecule has 0 aromatic heterocycles. The Morgan fingerprint density at radius 3 is 2.40 bits per heavy atom. The van der Waals surface area contributed by atoms with Crippen LogP contribution in [0, 0.1) is 10.1 Å². The highest BCUT2D eigenvalue weighted by molar-refractivity contribution is 6.36. The quantitative estimate of drug-likeness (QED) is 0.621. The van der Waals surface area contributed by atoms with Crippen LogP contribution in [-0.2, 0) is 6.54 Å². The summed E-state index contributed by atoms with van der Waals surface area (Å²) in [6.07, 6.45) is 0. The maximum atomic E-state index is 10.6. The Balaban J connectivity index is 2.13. The number of hydrogen-bond donors (Lipinski definition) is 1. The number of nitrogens with zero attached hydrogens (tertiary/aromatic N) is 1. The van der Waals surface area contributed by atoms with Crippen molar-refractivity contribution in [2.24, 2.45) is 0 Å². The lowest BCUT2D eigenvalue weighted by atomic mass is 10.2. The molecule has 0 amide bonds. The molecule has 0 atom stereocenters. The van der Waals surface area contributed by atoms with E-state index in [-0.39, 0.29) is 5.69 Å². The van der Waals surface area contributed by atoms with Crippen LogP contribution in [0.4, 0.5) is 11.4 Å². The van der Waals surface area contributed by atoms with Crippen LogP contribution in [0.5, 0.6) is 0 Å². The minimum Gasteiger partial charge on any atom is -0.380 e. The molecule has 0 aliphatic carbocycles. The van der Waals surface area contributed by atoms with Crippen molar-refractivity contribution < 1.29 is 4.92 Å². The first-order chi connectivity index (χ1) is 9.47. The minimum atomic E-state index is -0.487. The summed E-state index contributed by atoms with van der Waals surface area (Å²) in [4.78, 5) is 10.1. The SMILES string of the molecule is O=[N+]([O-])c1ccc(CNc2ccc(Cl)cc2Cl)c(Cl)c1. The second kappa shape index (κ2) is 6.31. The topological polar surface area (TPSA) is 55.2 Å². The van der Waals surface area contributed by atoms with E-state index in [2.05, 4.69) is 5.32 Å². The number of halogens is 3. The molecule has 2 aromatic carbocycles. The van der Waals surface area contributed by atoms with Gasteiger partial charge in [0.2, 0.25) is 0 Å². The highest BCUT2D eigenvalue weighted by Gasteiger charge is 2.09. The Labute approximate surface area is 130 Å². The van der Waals surface area contributed by atoms with Gasteiger partial charge in [-0.05, 0) is 29.8 Å². The highest BCUT2D eigenvalue weighted by Crippen LogP contribution is 2.27. The summed E-state index contributed by atoms with van der Waals surface area (Å²) < 4.78 is 0. The van der Waals surface area contributed by atoms with Crippen LogP contribution in [-0.4, -0.2) is 4.92 Å². The van der Waals surface area contributed by atoms with Gasteiger partial charge in [-0.1, -0.05) is 34.8 Å². The van der Waals surface area contributed by atoms with Crippen LogP contribution in [0.1, 0.15) is 5.56 Å². The lowest BCUT2D eigenvalue weighted by molar-refractivity contribution is -0.384. The lowest BCUT2D eigenvalue weighted by Gasteiger charge is -2.10. The van der Waals surface area contributed by atoms with Gasteiger partial charge in [-0.15, -0.1) is 0 Å². The molecule has 0 saturated carbocycles. The van der Waals surface area contributed by atoms with Crippen molar-refractivity contribution in [2.75, 3.05) is 5.32 Å². The van der Waals surface area contributed by atoms with Crippen LogP contribution in [0.3, 0.4) is 0 Å². The molecule has 0 unspecified atom stereocenters. The van der Waals surface area contributed by atoms with Gasteiger partial charge in [0.25, 0.3) is 5.69 Å². The van der Waals surface area contributed by atoms with Crippen molar-refractivity contribution in [1.29, 1.82) is 0 Å². The smallest absolute Gasteiger partial charge is 0.270 e. The van der Waals surface area contributed by atoms with E-state index >= 15 is 0 Å². The first-order valence-electron chi connectivity index (χ1n) is 5.59. The van der Waals surface area contributed by atoms with E-state index < -0.39 is 4.92 Å². The number of nitro groups is 1. The molecule has 0 heterocycles. The molecular formula is C13H9Cl3N2O2. The van der Waals surface area contributed by atoms with Gasteiger partial charge in [0, 0.05) is 23.7 Å². The number of rotatable bonds is 4. The average Bonchev–Trinajstić information content (AvgIpc) is 2.38. The summed E-state index contributed by atoms with van der Waals surface area (Å²) >= 11 is 17.8. The van der Waals surface area contributed by atoms with Crippen molar-refractivity contribution in [3.05, 3.63) is 67.1 Å². The first kappa shape index (κ1) is 14.9. The number of nitrogens with one attached hydrogen (secondary N) is 1. The number of hydrogen-bond acceptors (Lipinski definition) is 3. The second-order valence-electron chi connectivity index (χ2n) is 4.01. The molecule has 2 rings (SSSR count). The van der Waals surface area contributed by atoms with Crippen molar-refractivity contribution >= 4 is 46.2 Å². The standard InChI is InChI=1S/C13H9Cl3N2O2/c14-9-2-4-13(12(16)5-9)17-7-8-1-3-10(18(19)20)6-11(8)15/h1-6,17H,7H2. The molecule has 2 aromatic rings. The fourth-order valence-corrected chi connectivity index (χ4v) is 2.33. The zero-order valence-corrected chi connectivity index (χ0v) is 12.3. The van der Waals surface area contributed by atoms with Crippen molar-refractivity contribution in [2.45, 2.75) is 6.54 Å². The van der Waals surface area contributed by atoms with E-state index in [1.807, 2.05) is 0 Å². The van der Waals surface area contributed by atoms with E-state index in [0.29, 0.717) is 27.3 Å². The molecule has 0 spiro atoms. The van der Waals surface area contributed by atoms with Gasteiger partial charge in [-0.2, -0.15) is 0 Å². The molecule has 104 valence electrons. The number of nitro benzene ring substituents is 1. The van der Waals surface area contributed by atoms with Crippen LogP contribution in [0.2, 0.25) is 15.1 Å². The van der Waals surface area contributed by atoms with Gasteiger partial charge in [-0.25, -0.2) is 0 Å². The fraction of sp³-hybridized carbons (Fsp3) is 0.0769. The zero-order valence-electron chi connectivity index (χ0n) is 10.1. The third-order valence-corrected chi connectivity index (χ3v) is 3.55. The van der Waals surface area contributed by atoms with Gasteiger partial charge >= 0.3 is 0 Å². The predicted molar refractivity (Wildman–Crippen MR) is 81.9 cm³/mol. The Bertz CT molecular complexity index is 662. The molecule has 0 aliphatic heterocycles. The summed E-state index contributed by atoms with van der Waals surface area (Å²) in [5, 5.41) is 15.1. The molecule has 0 bridgehead atoms. The lowest BCUT2D eigenvalue weighted by Crippen LogP contribution is -2.01. The summed E-state index contributed by atoms with van der Waals surface area (Å²) in [7, 11) is 0. The van der Waals surface area contributed by atoms with Gasteiger partial charge in [-0.3, -0.25) is 10.1 Å². The van der Waals surface area contributed by atoms with Crippen molar-refractivity contribution in [3.8, 4) is 0 Å². The summed E-state index contributed by atoms with van der Waals surface area (Å²) in [5.41, 5.74) is 1.41. The van der Waals surface area contributed by atoms with Crippen molar-refractivity contribution in [3.63, 3.8) is 0 Å². The van der Waals surface area contributed by atoms with E-state index in [0.717, 1.165) is 5.56 Å². The number of anilines is 1. The van der Waals surface area contributed by atoms with Gasteiger partial charge in [0.05, 0.1) is 20.7 Å². The fourth-order valence-electron chi connectivity index (χ4n) is 1.62. The second-order valence-corrected chi connectivity index (χ2v) is 5.26. The number of benzene rings is 2. The Hall–Kier alpha value is -1.49. The zero-order chi connectivity index (χ0) is 14.7. The first-order valence-corrected chi connectivity index (χ1v) is 6.72. The molecule has 0 fully saturated rings. The largest absolute Gasteiger partial charge is 0.380 e. The summed E-state index contributed by atoms with van der Waals surface area (Å²) in [6.45, 7) is 0.401. The molecule has 7 heteroatoms. The summed E-state index contributed by atoms with van der Waals surface area (Å²) in [6, 6.07) is 9.44. The Morgan fingerprint density at radius 1 is 1.05 bits per heavy atom. The molecule has 4 nitrogen and oxygen atoms in total. The average molecular weight is 332 g/mol. The van der Waals surface area contributed by atoms with Crippen LogP contribution < -0.4 is 5.32 Å². The molecular weight excluding hydrogens is 323 g/mol. The van der Waals surface area contributed by atoms with Gasteiger partial charge < -0.3 is 5.32 Å². The molecule has 0 radical (unpaired) electrons.